The highest BCUT2D eigenvalue weighted by atomic mass is 35.5. The van der Waals surface area contributed by atoms with Crippen LogP contribution >= 0.6 is 58.8 Å². The van der Waals surface area contributed by atoms with E-state index >= 15 is 0 Å². The number of aliphatic hydroxyl groups is 1. The zero-order valence-corrected chi connectivity index (χ0v) is 58.5. The van der Waals surface area contributed by atoms with Gasteiger partial charge in [0.05, 0.1) is 38.3 Å². The smallest absolute Gasteiger partial charge is 0.410 e. The molecule has 2 aromatic heterocycles. The Labute approximate surface area is 582 Å². The van der Waals surface area contributed by atoms with Crippen LogP contribution in [0.3, 0.4) is 0 Å². The van der Waals surface area contributed by atoms with Gasteiger partial charge in [0.2, 0.25) is 5.91 Å². The number of aromatic hydroxyl groups is 1. The fraction of sp³-hybridized carbons (Fsp3) is 0.470. The van der Waals surface area contributed by atoms with E-state index in [9.17, 15) is 46.6 Å². The van der Waals surface area contributed by atoms with E-state index in [0.717, 1.165) is 25.9 Å². The molecular formula is C66H84Cl5F4N9O12. The van der Waals surface area contributed by atoms with Crippen LogP contribution in [-0.2, 0) is 34.8 Å². The summed E-state index contributed by atoms with van der Waals surface area (Å²) in [5, 5.41) is 29.0. The van der Waals surface area contributed by atoms with Crippen LogP contribution in [0.2, 0.25) is 20.1 Å². The molecule has 4 saturated heterocycles. The second-order valence-corrected chi connectivity index (χ2v) is 25.8. The molecule has 4 fully saturated rings. The summed E-state index contributed by atoms with van der Waals surface area (Å²) in [4.78, 5) is 62.9. The Hall–Kier alpha value is -7.26. The summed E-state index contributed by atoms with van der Waals surface area (Å²) in [6.07, 6.45) is 4.69. The maximum absolute atomic E-state index is 13.9. The number of likely N-dealkylation sites (tertiary alicyclic amines) is 3. The molecule has 0 spiro atoms. The molecule has 0 radical (unpaired) electrons. The minimum atomic E-state index is -0.765. The van der Waals surface area contributed by atoms with Crippen LogP contribution in [-0.4, -0.2) is 151 Å². The van der Waals surface area contributed by atoms with Gasteiger partial charge in [-0.3, -0.25) is 14.4 Å². The van der Waals surface area contributed by atoms with Gasteiger partial charge in [0, 0.05) is 91.2 Å². The predicted molar refractivity (Wildman–Crippen MR) is 363 cm³/mol. The first-order valence-electron chi connectivity index (χ1n) is 30.7. The van der Waals surface area contributed by atoms with E-state index < -0.39 is 40.2 Å². The molecular weight excluding hydrogens is 1360 g/mol. The molecule has 10 rings (SSSR count). The average Bonchev–Trinajstić information content (AvgIpc) is 0.894. The van der Waals surface area contributed by atoms with Crippen molar-refractivity contribution in [2.45, 2.75) is 135 Å². The molecule has 5 N–H and O–H groups in total. The van der Waals surface area contributed by atoms with E-state index in [0.29, 0.717) is 89.3 Å². The maximum atomic E-state index is 13.9. The molecule has 0 aliphatic carbocycles. The molecule has 3 amide bonds. The lowest BCUT2D eigenvalue weighted by molar-refractivity contribution is -0.132. The van der Waals surface area contributed by atoms with Gasteiger partial charge in [0.1, 0.15) is 35.3 Å². The normalized spacial score (nSPS) is 15.3. The second kappa shape index (κ2) is 39.2. The lowest BCUT2D eigenvalue weighted by Crippen LogP contribution is -2.44. The first kappa shape index (κ1) is 81.2. The van der Waals surface area contributed by atoms with Crippen LogP contribution in [0.15, 0.2) is 107 Å². The van der Waals surface area contributed by atoms with E-state index in [1.165, 1.54) is 64.0 Å². The molecule has 21 nitrogen and oxygen atoms in total. The fourth-order valence-corrected chi connectivity index (χ4v) is 9.85. The van der Waals surface area contributed by atoms with E-state index in [4.69, 9.17) is 80.9 Å². The first-order chi connectivity index (χ1) is 44.8. The highest BCUT2D eigenvalue weighted by Crippen LogP contribution is 2.30. The number of anilines is 1. The van der Waals surface area contributed by atoms with Crippen molar-refractivity contribution in [3.8, 4) is 23.0 Å². The number of benzene rings is 4. The van der Waals surface area contributed by atoms with E-state index in [1.54, 1.807) is 71.3 Å². The zero-order valence-electron chi connectivity index (χ0n) is 54.7. The van der Waals surface area contributed by atoms with Gasteiger partial charge in [-0.2, -0.15) is 10.2 Å². The number of hydrogen-bond acceptors (Lipinski definition) is 16. The van der Waals surface area contributed by atoms with Gasteiger partial charge in [-0.15, -0.1) is 12.4 Å². The highest BCUT2D eigenvalue weighted by molar-refractivity contribution is 6.31. The lowest BCUT2D eigenvalue weighted by atomic mass is 10.1. The van der Waals surface area contributed by atoms with Gasteiger partial charge < -0.3 is 59.6 Å². The summed E-state index contributed by atoms with van der Waals surface area (Å²) in [7, 11) is 3.10. The minimum absolute atomic E-state index is 0. The van der Waals surface area contributed by atoms with Gasteiger partial charge in [-0.25, -0.2) is 36.5 Å². The Balaban J connectivity index is 0.000000255. The second-order valence-electron chi connectivity index (χ2n) is 24.2. The maximum Gasteiger partial charge on any atom is 0.410 e. The van der Waals surface area contributed by atoms with Crippen molar-refractivity contribution in [1.82, 2.24) is 39.6 Å². The molecule has 0 unspecified atom stereocenters. The molecule has 528 valence electrons. The Morgan fingerprint density at radius 3 is 1.25 bits per heavy atom. The molecule has 0 bridgehead atoms. The molecule has 0 atom stereocenters. The van der Waals surface area contributed by atoms with Crippen molar-refractivity contribution in [3.05, 3.63) is 167 Å². The Bertz CT molecular complexity index is 3560. The quantitative estimate of drug-likeness (QED) is 0.103. The Morgan fingerprint density at radius 1 is 0.531 bits per heavy atom. The number of hydrogen-bond donors (Lipinski definition) is 4. The largest absolute Gasteiger partial charge is 0.505 e. The number of amides is 3. The summed E-state index contributed by atoms with van der Waals surface area (Å²) >= 11 is 22.4. The number of carbonyl (C=O) groups is 3. The van der Waals surface area contributed by atoms with Gasteiger partial charge in [0.15, 0.2) is 46.3 Å². The van der Waals surface area contributed by atoms with Gasteiger partial charge >= 0.3 is 12.2 Å². The number of aliphatic hydroxyl groups excluding tert-OH is 1. The van der Waals surface area contributed by atoms with Crippen molar-refractivity contribution >= 4 is 82.7 Å². The van der Waals surface area contributed by atoms with Crippen LogP contribution in [0.1, 0.15) is 98.6 Å². The lowest BCUT2D eigenvalue weighted by Gasteiger charge is -2.33. The van der Waals surface area contributed by atoms with Crippen molar-refractivity contribution in [1.29, 1.82) is 0 Å². The summed E-state index contributed by atoms with van der Waals surface area (Å²) in [6, 6.07) is 24.1. The summed E-state index contributed by atoms with van der Waals surface area (Å²) < 4.78 is 83.4. The SMILES string of the molecule is CC(C)(C)OC(=O)N1CCC(O)CC1.CC(C)(C)OC(=O)N1CCC(Oc2cccc(Cl)c2F)CC1.Cl.Cn1nc(CC(=O)N2CCC(Oc3cccc(Cl)c3F)CC2)ccc1=O.Cn1nc(N)ccc1=O.Fc1c(Cl)cccc1OC1CCNCC1.Oc1cccc(Cl)c1F. The number of nitrogens with one attached hydrogen (secondary N) is 1. The molecule has 30 heteroatoms. The number of phenolic OH excluding ortho intramolecular Hbond substituents is 1. The third kappa shape index (κ3) is 28.1. The topological polar surface area (TPSA) is 255 Å². The summed E-state index contributed by atoms with van der Waals surface area (Å²) in [5.41, 5.74) is 4.50. The molecule has 4 aliphatic heterocycles. The zero-order chi connectivity index (χ0) is 70.2. The Morgan fingerprint density at radius 2 is 0.885 bits per heavy atom. The van der Waals surface area contributed by atoms with Crippen molar-refractivity contribution in [2.24, 2.45) is 14.1 Å². The number of rotatable bonds is 8. The third-order valence-electron chi connectivity index (χ3n) is 14.2. The van der Waals surface area contributed by atoms with Gasteiger partial charge in [-0.05, 0) is 141 Å². The summed E-state index contributed by atoms with van der Waals surface area (Å²) in [6.45, 7) is 16.2. The highest BCUT2D eigenvalue weighted by Gasteiger charge is 2.30. The first-order valence-corrected chi connectivity index (χ1v) is 32.2. The van der Waals surface area contributed by atoms with Gasteiger partial charge in [-0.1, -0.05) is 70.7 Å². The number of ether oxygens (including phenoxy) is 5. The fourth-order valence-electron chi connectivity index (χ4n) is 9.18. The number of nitrogens with two attached hydrogens (primary N) is 1. The number of nitrogen functional groups attached to an aromatic ring is 1. The van der Waals surface area contributed by atoms with Crippen LogP contribution in [0.25, 0.3) is 0 Å². The minimum Gasteiger partial charge on any atom is -0.505 e. The van der Waals surface area contributed by atoms with Crippen LogP contribution in [0.5, 0.6) is 23.0 Å². The van der Waals surface area contributed by atoms with Crippen molar-refractivity contribution in [3.63, 3.8) is 0 Å². The van der Waals surface area contributed by atoms with Crippen molar-refractivity contribution < 1.29 is 65.8 Å². The third-order valence-corrected chi connectivity index (χ3v) is 15.3. The van der Waals surface area contributed by atoms with Crippen LogP contribution in [0, 0.1) is 23.3 Å². The van der Waals surface area contributed by atoms with E-state index in [2.05, 4.69) is 15.5 Å². The van der Waals surface area contributed by atoms with Crippen LogP contribution < -0.4 is 36.4 Å². The van der Waals surface area contributed by atoms with E-state index in [-0.39, 0.29) is 110 Å². The molecule has 4 aromatic carbocycles. The molecule has 6 aromatic rings. The number of piperidine rings is 4. The van der Waals surface area contributed by atoms with Crippen LogP contribution in [0.4, 0.5) is 33.0 Å². The monoisotopic (exact) mass is 1450 g/mol. The van der Waals surface area contributed by atoms with Crippen molar-refractivity contribution in [2.75, 3.05) is 58.1 Å². The predicted octanol–water partition coefficient (Wildman–Crippen LogP) is 12.4. The number of carbonyl (C=O) groups excluding carboxylic acids is 3. The number of nitrogens with zero attached hydrogens (tertiary/aromatic N) is 7. The molecule has 4 aliphatic rings. The number of aryl methyl sites for hydroxylation is 2. The molecule has 0 saturated carbocycles. The Kier molecular flexibility index (Phi) is 33.2. The summed E-state index contributed by atoms with van der Waals surface area (Å²) in [5.74, 6) is -1.89. The number of phenols is 1. The molecule has 96 heavy (non-hydrogen) atoms. The number of aromatic nitrogens is 4. The number of halogens is 9. The van der Waals surface area contributed by atoms with Gasteiger partial charge in [0.25, 0.3) is 11.1 Å². The average molecular weight is 1450 g/mol. The standard InChI is InChI=1S/C18H19ClFN3O3.C16H21ClFNO3.C11H13ClFNO.C10H19NO3.C6H4ClFO.C5H7N3O.ClH/c1-22-16(24)6-5-12(21-22)11-17(25)23-9-7-13(8-10-23)26-15-4-2-3-14(19)18(15)20;1-16(2,3)22-15(20)19-9-7-11(8-10-19)21-13-6-4-5-12(17)14(13)18;12-9-2-1-3-10(11(9)13)15-8-4-6-14-7-5-8;1-10(2,3)14-9(13)11-6-4-8(12)5-7-11;7-4-2-1-3-5(9)6(4)8;1-8-5(9)3-2-4(6)7-8;/h2-6,13H,7-11H2,1H3;4-6,11H,7-10H2,1-3H3;1-3,8,14H,4-7H2;8,12H,4-7H2,1-3H3;1-3,9H;2-3H,1H3,(H2,6,7);1H. The van der Waals surface area contributed by atoms with E-state index in [1.807, 2.05) is 41.5 Å². The molecule has 6 heterocycles.